The van der Waals surface area contributed by atoms with Crippen molar-refractivity contribution >= 4 is 34.2 Å². The van der Waals surface area contributed by atoms with Crippen molar-refractivity contribution in [1.82, 2.24) is 15.2 Å². The molecule has 2 aromatic rings. The summed E-state index contributed by atoms with van der Waals surface area (Å²) in [6.45, 7) is 0.637. The molecule has 156 valence electrons. The number of ether oxygens (including phenoxy) is 1. The highest BCUT2D eigenvalue weighted by atomic mass is 32.1. The number of aromatic nitrogens is 1. The van der Waals surface area contributed by atoms with Gasteiger partial charge in [0.1, 0.15) is 5.82 Å². The van der Waals surface area contributed by atoms with Crippen LogP contribution in [-0.4, -0.2) is 54.4 Å². The number of nitrogens with zero attached hydrogens (tertiary/aromatic N) is 2. The van der Waals surface area contributed by atoms with Crippen LogP contribution in [0.1, 0.15) is 18.4 Å². The summed E-state index contributed by atoms with van der Waals surface area (Å²) >= 11 is 1.28. The van der Waals surface area contributed by atoms with Crippen LogP contribution >= 0.6 is 11.3 Å². The number of halogens is 1. The number of thiazole rings is 1. The van der Waals surface area contributed by atoms with Gasteiger partial charge >= 0.3 is 0 Å². The molecular weight excluding hydrogens is 399 g/mol. The van der Waals surface area contributed by atoms with Crippen LogP contribution in [0, 0.1) is 5.82 Å². The highest BCUT2D eigenvalue weighted by Crippen LogP contribution is 2.12. The number of rotatable bonds is 11. The summed E-state index contributed by atoms with van der Waals surface area (Å²) < 4.78 is 18.0. The number of carbonyl (C=O) groups excluding carboxylic acids is 3. The molecule has 29 heavy (non-hydrogen) atoms. The monoisotopic (exact) mass is 422 g/mol. The molecule has 1 aromatic carbocycles. The van der Waals surface area contributed by atoms with Crippen LogP contribution in [0.15, 0.2) is 35.8 Å². The van der Waals surface area contributed by atoms with Gasteiger partial charge in [-0.2, -0.15) is 0 Å². The van der Waals surface area contributed by atoms with E-state index in [0.717, 1.165) is 0 Å². The van der Waals surface area contributed by atoms with E-state index >= 15 is 0 Å². The van der Waals surface area contributed by atoms with E-state index in [1.807, 2.05) is 0 Å². The van der Waals surface area contributed by atoms with Crippen LogP contribution < -0.4 is 10.6 Å². The van der Waals surface area contributed by atoms with E-state index in [1.54, 1.807) is 23.7 Å². The number of anilines is 1. The fraction of sp³-hybridized carbons (Fsp3) is 0.368. The van der Waals surface area contributed by atoms with Crippen molar-refractivity contribution in [3.05, 3.63) is 47.2 Å². The Morgan fingerprint density at radius 2 is 1.93 bits per heavy atom. The van der Waals surface area contributed by atoms with Gasteiger partial charge < -0.3 is 20.3 Å². The predicted octanol–water partition coefficient (Wildman–Crippen LogP) is 1.79. The first kappa shape index (κ1) is 22.4. The molecule has 8 nitrogen and oxygen atoms in total. The number of methoxy groups -OCH3 is 1. The number of nitrogens with one attached hydrogen (secondary N) is 2. The van der Waals surface area contributed by atoms with Crippen LogP contribution in [0.4, 0.5) is 9.52 Å². The normalized spacial score (nSPS) is 10.4. The zero-order valence-corrected chi connectivity index (χ0v) is 16.8. The average molecular weight is 422 g/mol. The Bertz CT molecular complexity index is 799. The van der Waals surface area contributed by atoms with Crippen molar-refractivity contribution in [2.75, 3.05) is 32.1 Å². The van der Waals surface area contributed by atoms with Gasteiger partial charge in [-0.05, 0) is 17.7 Å². The van der Waals surface area contributed by atoms with E-state index in [-0.39, 0.29) is 49.5 Å². The highest BCUT2D eigenvalue weighted by Gasteiger charge is 2.19. The second-order valence-electron chi connectivity index (χ2n) is 6.10. The molecular formula is C19H23FN4O4S. The third-order valence-corrected chi connectivity index (χ3v) is 4.54. The van der Waals surface area contributed by atoms with Crippen molar-refractivity contribution in [3.8, 4) is 0 Å². The Labute approximate surface area is 172 Å². The fourth-order valence-electron chi connectivity index (χ4n) is 2.41. The molecule has 0 aliphatic carbocycles. The molecule has 0 aliphatic rings. The van der Waals surface area contributed by atoms with Gasteiger partial charge in [0.15, 0.2) is 5.13 Å². The Morgan fingerprint density at radius 1 is 1.17 bits per heavy atom. The maximum atomic E-state index is 13.1. The lowest BCUT2D eigenvalue weighted by atomic mass is 10.2. The van der Waals surface area contributed by atoms with Crippen LogP contribution in [-0.2, 0) is 25.7 Å². The van der Waals surface area contributed by atoms with Crippen molar-refractivity contribution in [1.29, 1.82) is 0 Å². The maximum absolute atomic E-state index is 13.1. The molecule has 0 bridgehead atoms. The molecule has 0 saturated carbocycles. The van der Waals surface area contributed by atoms with Crippen molar-refractivity contribution < 1.29 is 23.5 Å². The Kier molecular flexibility index (Phi) is 9.19. The van der Waals surface area contributed by atoms with E-state index in [4.69, 9.17) is 4.74 Å². The minimum absolute atomic E-state index is 0.0381. The Morgan fingerprint density at radius 3 is 2.59 bits per heavy atom. The van der Waals surface area contributed by atoms with E-state index in [9.17, 15) is 18.8 Å². The highest BCUT2D eigenvalue weighted by molar-refractivity contribution is 7.13. The number of amides is 3. The van der Waals surface area contributed by atoms with Crippen molar-refractivity contribution in [2.45, 2.75) is 19.4 Å². The lowest BCUT2D eigenvalue weighted by Gasteiger charge is -2.22. The first-order valence-electron chi connectivity index (χ1n) is 8.95. The molecule has 1 aromatic heterocycles. The van der Waals surface area contributed by atoms with Crippen LogP contribution in [0.5, 0.6) is 0 Å². The van der Waals surface area contributed by atoms with Gasteiger partial charge in [-0.15, -0.1) is 11.3 Å². The summed E-state index contributed by atoms with van der Waals surface area (Å²) in [6, 6.07) is 5.68. The Hall–Kier alpha value is -2.85. The zero-order valence-electron chi connectivity index (χ0n) is 16.0. The van der Waals surface area contributed by atoms with Gasteiger partial charge in [0.05, 0.1) is 13.2 Å². The maximum Gasteiger partial charge on any atom is 0.239 e. The molecule has 1 heterocycles. The van der Waals surface area contributed by atoms with E-state index in [2.05, 4.69) is 15.6 Å². The topological polar surface area (TPSA) is 101 Å². The van der Waals surface area contributed by atoms with Gasteiger partial charge in [-0.3, -0.25) is 14.4 Å². The van der Waals surface area contributed by atoms with E-state index in [1.165, 1.54) is 35.5 Å². The average Bonchev–Trinajstić information content (AvgIpc) is 3.20. The first-order valence-corrected chi connectivity index (χ1v) is 9.83. The van der Waals surface area contributed by atoms with Crippen LogP contribution in [0.3, 0.4) is 0 Å². The van der Waals surface area contributed by atoms with E-state index < -0.39 is 0 Å². The SMILES string of the molecule is COCCNC(=O)CN(Cc1ccc(F)cc1)C(=O)CCC(=O)Nc1nccs1. The van der Waals surface area contributed by atoms with Gasteiger partial charge in [0.2, 0.25) is 17.7 Å². The molecule has 0 atom stereocenters. The molecule has 0 radical (unpaired) electrons. The predicted molar refractivity (Wildman–Crippen MR) is 107 cm³/mol. The Balaban J connectivity index is 1.94. The minimum Gasteiger partial charge on any atom is -0.383 e. The van der Waals surface area contributed by atoms with Crippen LogP contribution in [0.25, 0.3) is 0 Å². The summed E-state index contributed by atoms with van der Waals surface area (Å²) in [5, 5.41) is 7.46. The fourth-order valence-corrected chi connectivity index (χ4v) is 2.95. The summed E-state index contributed by atoms with van der Waals surface area (Å²) in [5.74, 6) is -1.42. The van der Waals surface area contributed by atoms with Gasteiger partial charge in [-0.1, -0.05) is 12.1 Å². The van der Waals surface area contributed by atoms with Gasteiger partial charge in [-0.25, -0.2) is 9.37 Å². The minimum atomic E-state index is -0.386. The summed E-state index contributed by atoms with van der Waals surface area (Å²) in [7, 11) is 1.52. The molecule has 0 spiro atoms. The molecule has 2 rings (SSSR count). The molecule has 3 amide bonds. The quantitative estimate of drug-likeness (QED) is 0.538. The molecule has 10 heteroatoms. The molecule has 0 saturated heterocycles. The first-order chi connectivity index (χ1) is 14.0. The molecule has 0 unspecified atom stereocenters. The number of carbonyl (C=O) groups is 3. The lowest BCUT2D eigenvalue weighted by Crippen LogP contribution is -2.41. The number of hydrogen-bond donors (Lipinski definition) is 2. The summed E-state index contributed by atoms with van der Waals surface area (Å²) in [6.07, 6.45) is 1.46. The van der Waals surface area contributed by atoms with Gasteiger partial charge in [0.25, 0.3) is 0 Å². The third-order valence-electron chi connectivity index (χ3n) is 3.85. The molecule has 0 fully saturated rings. The summed E-state index contributed by atoms with van der Waals surface area (Å²) in [5.41, 5.74) is 0.677. The molecule has 0 aliphatic heterocycles. The standard InChI is InChI=1S/C19H23FN4O4S/c1-28-10-8-21-17(26)13-24(12-14-2-4-15(20)5-3-14)18(27)7-6-16(25)23-19-22-9-11-29-19/h2-5,9,11H,6-8,10,12-13H2,1H3,(H,21,26)(H,22,23,25). The zero-order chi connectivity index (χ0) is 21.1. The smallest absolute Gasteiger partial charge is 0.239 e. The lowest BCUT2D eigenvalue weighted by molar-refractivity contribution is -0.137. The van der Waals surface area contributed by atoms with Crippen LogP contribution in [0.2, 0.25) is 0 Å². The van der Waals surface area contributed by atoms with Crippen molar-refractivity contribution in [2.24, 2.45) is 0 Å². The van der Waals surface area contributed by atoms with Crippen molar-refractivity contribution in [3.63, 3.8) is 0 Å². The largest absolute Gasteiger partial charge is 0.383 e. The number of benzene rings is 1. The second kappa shape index (κ2) is 11.9. The van der Waals surface area contributed by atoms with Gasteiger partial charge in [0, 0.05) is 44.6 Å². The number of hydrogen-bond acceptors (Lipinski definition) is 6. The van der Waals surface area contributed by atoms with E-state index in [0.29, 0.717) is 23.8 Å². The third kappa shape index (κ3) is 8.36. The second-order valence-corrected chi connectivity index (χ2v) is 7.00. The molecule has 2 N–H and O–H groups in total. The summed E-state index contributed by atoms with van der Waals surface area (Å²) in [4.78, 5) is 42.0.